The van der Waals surface area contributed by atoms with E-state index in [-0.39, 0.29) is 17.9 Å². The average molecular weight is 445 g/mol. The summed E-state index contributed by atoms with van der Waals surface area (Å²) in [5.74, 6) is 1.33. The number of nitrogens with one attached hydrogen (secondary N) is 1. The molecule has 7 nitrogen and oxygen atoms in total. The summed E-state index contributed by atoms with van der Waals surface area (Å²) in [4.78, 5) is 12.7. The van der Waals surface area contributed by atoms with Gasteiger partial charge in [-0.1, -0.05) is 57.2 Å². The van der Waals surface area contributed by atoms with Crippen molar-refractivity contribution >= 4 is 17.8 Å². The third-order valence-electron chi connectivity index (χ3n) is 4.88. The van der Waals surface area contributed by atoms with Gasteiger partial charge in [-0.2, -0.15) is 10.4 Å². The predicted octanol–water partition coefficient (Wildman–Crippen LogP) is 4.79. The molecule has 1 aromatic heterocycles. The van der Waals surface area contributed by atoms with Gasteiger partial charge in [0.2, 0.25) is 5.91 Å². The summed E-state index contributed by atoms with van der Waals surface area (Å²) in [6.45, 7) is 6.75. The van der Waals surface area contributed by atoms with Crippen molar-refractivity contribution < 1.29 is 14.3 Å². The van der Waals surface area contributed by atoms with Crippen LogP contribution in [-0.2, 0) is 16.8 Å². The molecule has 0 spiro atoms. The summed E-state index contributed by atoms with van der Waals surface area (Å²) in [6, 6.07) is 19.1. The monoisotopic (exact) mass is 444 g/mol. The van der Waals surface area contributed by atoms with Gasteiger partial charge in [-0.3, -0.25) is 4.79 Å². The van der Waals surface area contributed by atoms with Gasteiger partial charge in [0.1, 0.15) is 11.9 Å². The number of anilines is 1. The number of nitrogens with zero attached hydrogens (tertiary/aromatic N) is 3. The number of carbonyl (C=O) groups is 1. The van der Waals surface area contributed by atoms with Crippen molar-refractivity contribution in [2.45, 2.75) is 32.7 Å². The zero-order chi connectivity index (χ0) is 23.8. The van der Waals surface area contributed by atoms with E-state index >= 15 is 0 Å². The van der Waals surface area contributed by atoms with Crippen molar-refractivity contribution in [3.63, 3.8) is 0 Å². The zero-order valence-electron chi connectivity index (χ0n) is 19.3. The first-order valence-corrected chi connectivity index (χ1v) is 10.6. The highest BCUT2D eigenvalue weighted by molar-refractivity contribution is 6.01. The van der Waals surface area contributed by atoms with Crippen LogP contribution in [-0.4, -0.2) is 29.4 Å². The van der Waals surface area contributed by atoms with E-state index < -0.39 is 0 Å². The van der Waals surface area contributed by atoms with Crippen LogP contribution in [0, 0.1) is 11.3 Å². The second kappa shape index (κ2) is 10.5. The number of methoxy groups -OCH3 is 1. The van der Waals surface area contributed by atoms with Gasteiger partial charge < -0.3 is 14.8 Å². The molecule has 3 aromatic rings. The van der Waals surface area contributed by atoms with Gasteiger partial charge in [-0.15, -0.1) is 0 Å². The molecule has 170 valence electrons. The number of hydrogen-bond acceptors (Lipinski definition) is 5. The molecule has 0 bridgehead atoms. The number of benzene rings is 2. The van der Waals surface area contributed by atoms with Crippen molar-refractivity contribution in [2.24, 2.45) is 0 Å². The molecule has 1 amide bonds. The molecule has 7 heteroatoms. The molecular weight excluding hydrogens is 416 g/mol. The highest BCUT2D eigenvalue weighted by Crippen LogP contribution is 2.28. The van der Waals surface area contributed by atoms with Crippen LogP contribution in [0.1, 0.15) is 37.6 Å². The fourth-order valence-corrected chi connectivity index (χ4v) is 3.12. The standard InChI is InChI=1S/C26H28N4O3/c1-26(2,3)23-17-24(30(29-23)18-20-8-6-5-7-9-20)28-25(31)13-11-19-10-12-21(33-15-14-27)22(16-19)32-4/h5-13,16-17H,15,18H2,1-4H3,(H,28,31)/b13-11+. The number of ether oxygens (including phenoxy) is 2. The molecule has 1 N–H and O–H groups in total. The Bertz CT molecular complexity index is 1170. The first-order valence-electron chi connectivity index (χ1n) is 10.6. The van der Waals surface area contributed by atoms with Gasteiger partial charge in [0.05, 0.1) is 19.3 Å². The van der Waals surface area contributed by atoms with E-state index in [0.29, 0.717) is 23.9 Å². The van der Waals surface area contributed by atoms with Crippen molar-refractivity contribution in [3.05, 3.63) is 77.5 Å². The number of rotatable bonds is 8. The molecule has 0 aliphatic rings. The molecule has 3 rings (SSSR count). The van der Waals surface area contributed by atoms with Crippen molar-refractivity contribution in [3.8, 4) is 17.6 Å². The van der Waals surface area contributed by atoms with Gasteiger partial charge in [-0.25, -0.2) is 4.68 Å². The summed E-state index contributed by atoms with van der Waals surface area (Å²) in [5, 5.41) is 16.4. The van der Waals surface area contributed by atoms with Crippen LogP contribution < -0.4 is 14.8 Å². The largest absolute Gasteiger partial charge is 0.493 e. The quantitative estimate of drug-likeness (QED) is 0.505. The number of hydrogen-bond donors (Lipinski definition) is 1. The fraction of sp³-hybridized carbons (Fsp3) is 0.269. The summed E-state index contributed by atoms with van der Waals surface area (Å²) in [5.41, 5.74) is 2.61. The first-order chi connectivity index (χ1) is 15.8. The Balaban J connectivity index is 1.77. The normalized spacial score (nSPS) is 11.2. The Morgan fingerprint density at radius 3 is 2.58 bits per heavy atom. The fourth-order valence-electron chi connectivity index (χ4n) is 3.12. The molecule has 0 saturated heterocycles. The molecule has 0 fully saturated rings. The van der Waals surface area contributed by atoms with Gasteiger partial charge in [0, 0.05) is 17.6 Å². The van der Waals surface area contributed by atoms with Crippen LogP contribution >= 0.6 is 0 Å². The van der Waals surface area contributed by atoms with Crippen molar-refractivity contribution in [2.75, 3.05) is 19.0 Å². The van der Waals surface area contributed by atoms with E-state index in [2.05, 4.69) is 26.1 Å². The molecule has 33 heavy (non-hydrogen) atoms. The Kier molecular flexibility index (Phi) is 7.52. The van der Waals surface area contributed by atoms with Gasteiger partial charge >= 0.3 is 0 Å². The second-order valence-corrected chi connectivity index (χ2v) is 8.49. The third kappa shape index (κ3) is 6.47. The maximum Gasteiger partial charge on any atom is 0.249 e. The van der Waals surface area contributed by atoms with E-state index in [1.165, 1.54) is 13.2 Å². The van der Waals surface area contributed by atoms with Crippen molar-refractivity contribution in [1.82, 2.24) is 9.78 Å². The highest BCUT2D eigenvalue weighted by Gasteiger charge is 2.20. The van der Waals surface area contributed by atoms with Crippen LogP contribution in [0.15, 0.2) is 60.7 Å². The molecule has 0 unspecified atom stereocenters. The van der Waals surface area contributed by atoms with Crippen LogP contribution in [0.2, 0.25) is 0 Å². The van der Waals surface area contributed by atoms with Gasteiger partial charge in [0.25, 0.3) is 0 Å². The molecule has 0 aliphatic carbocycles. The molecule has 1 heterocycles. The van der Waals surface area contributed by atoms with Crippen LogP contribution in [0.4, 0.5) is 5.82 Å². The highest BCUT2D eigenvalue weighted by atomic mass is 16.5. The number of aromatic nitrogens is 2. The Labute approximate surface area is 194 Å². The number of carbonyl (C=O) groups excluding carboxylic acids is 1. The van der Waals surface area contributed by atoms with E-state index in [4.69, 9.17) is 19.8 Å². The SMILES string of the molecule is COc1cc(/C=C/C(=O)Nc2cc(C(C)(C)C)nn2Cc2ccccc2)ccc1OCC#N. The minimum absolute atomic E-state index is 0.0683. The molecular formula is C26H28N4O3. The lowest BCUT2D eigenvalue weighted by atomic mass is 9.92. The summed E-state index contributed by atoms with van der Waals surface area (Å²) in [6.07, 6.45) is 3.15. The van der Waals surface area contributed by atoms with E-state index in [1.54, 1.807) is 24.3 Å². The Morgan fingerprint density at radius 1 is 1.15 bits per heavy atom. The van der Waals surface area contributed by atoms with E-state index in [9.17, 15) is 4.79 Å². The minimum atomic E-state index is -0.270. The summed E-state index contributed by atoms with van der Waals surface area (Å²) >= 11 is 0. The van der Waals surface area contributed by atoms with E-state index in [0.717, 1.165) is 16.8 Å². The second-order valence-electron chi connectivity index (χ2n) is 8.49. The van der Waals surface area contributed by atoms with Crippen LogP contribution in [0.3, 0.4) is 0 Å². The predicted molar refractivity (Wildman–Crippen MR) is 128 cm³/mol. The first kappa shape index (κ1) is 23.6. The smallest absolute Gasteiger partial charge is 0.249 e. The Hall–Kier alpha value is -4.05. The lowest BCUT2D eigenvalue weighted by Gasteiger charge is -2.14. The number of nitriles is 1. The van der Waals surface area contributed by atoms with Crippen LogP contribution in [0.5, 0.6) is 11.5 Å². The average Bonchev–Trinajstić information content (AvgIpc) is 3.19. The lowest BCUT2D eigenvalue weighted by Crippen LogP contribution is -2.14. The number of amides is 1. The van der Waals surface area contributed by atoms with Crippen LogP contribution in [0.25, 0.3) is 6.08 Å². The summed E-state index contributed by atoms with van der Waals surface area (Å²) < 4.78 is 12.5. The molecule has 0 aliphatic heterocycles. The van der Waals surface area contributed by atoms with E-state index in [1.807, 2.05) is 47.1 Å². The third-order valence-corrected chi connectivity index (χ3v) is 4.88. The molecule has 0 saturated carbocycles. The Morgan fingerprint density at radius 2 is 1.91 bits per heavy atom. The minimum Gasteiger partial charge on any atom is -0.493 e. The molecule has 0 atom stereocenters. The lowest BCUT2D eigenvalue weighted by molar-refractivity contribution is -0.111. The van der Waals surface area contributed by atoms with Gasteiger partial charge in [-0.05, 0) is 29.3 Å². The molecule has 2 aromatic carbocycles. The maximum absolute atomic E-state index is 12.7. The maximum atomic E-state index is 12.7. The summed E-state index contributed by atoms with van der Waals surface area (Å²) in [7, 11) is 1.52. The molecule has 0 radical (unpaired) electrons. The zero-order valence-corrected chi connectivity index (χ0v) is 19.3. The van der Waals surface area contributed by atoms with Gasteiger partial charge in [0.15, 0.2) is 18.1 Å². The van der Waals surface area contributed by atoms with Crippen molar-refractivity contribution in [1.29, 1.82) is 5.26 Å². The topological polar surface area (TPSA) is 89.2 Å².